The van der Waals surface area contributed by atoms with E-state index in [0.717, 1.165) is 36.6 Å². The van der Waals surface area contributed by atoms with Gasteiger partial charge >= 0.3 is 0 Å². The summed E-state index contributed by atoms with van der Waals surface area (Å²) in [7, 11) is 0. The lowest BCUT2D eigenvalue weighted by atomic mass is 10.1. The Hall–Kier alpha value is -2.54. The summed E-state index contributed by atoms with van der Waals surface area (Å²) in [5, 5.41) is 3.24. The Morgan fingerprint density at radius 2 is 2.22 bits per heavy atom. The molecule has 0 aliphatic carbocycles. The smallest absolute Gasteiger partial charge is 0.231 e. The number of carbonyl (C=O) groups excluding carboxylic acids is 1. The van der Waals surface area contributed by atoms with Gasteiger partial charge in [0.2, 0.25) is 5.91 Å². The van der Waals surface area contributed by atoms with Crippen LogP contribution in [0.25, 0.3) is 0 Å². The van der Waals surface area contributed by atoms with Crippen molar-refractivity contribution in [2.45, 2.75) is 25.8 Å². The van der Waals surface area contributed by atoms with E-state index in [4.69, 9.17) is 5.73 Å². The molecule has 1 fully saturated rings. The third kappa shape index (κ3) is 3.62. The number of aryl methyl sites for hydroxylation is 1. The van der Waals surface area contributed by atoms with Gasteiger partial charge in [-0.2, -0.15) is 0 Å². The van der Waals surface area contributed by atoms with Crippen molar-refractivity contribution in [3.05, 3.63) is 42.0 Å². The number of carbonyl (C=O) groups is 1. The van der Waals surface area contributed by atoms with E-state index in [1.165, 1.54) is 0 Å². The van der Waals surface area contributed by atoms with E-state index in [1.807, 2.05) is 25.1 Å². The van der Waals surface area contributed by atoms with Crippen molar-refractivity contribution < 1.29 is 4.79 Å². The molecule has 7 nitrogen and oxygen atoms in total. The van der Waals surface area contributed by atoms with Crippen molar-refractivity contribution in [1.29, 1.82) is 0 Å². The van der Waals surface area contributed by atoms with Gasteiger partial charge in [0.25, 0.3) is 0 Å². The Kier molecular flexibility index (Phi) is 4.47. The predicted molar refractivity (Wildman–Crippen MR) is 87.0 cm³/mol. The Labute approximate surface area is 135 Å². The molecule has 1 amide bonds. The summed E-state index contributed by atoms with van der Waals surface area (Å²) in [6.45, 7) is 3.02. The number of nitrogens with two attached hydrogens (primary N) is 1. The summed E-state index contributed by atoms with van der Waals surface area (Å²) in [6.07, 6.45) is 5.26. The molecule has 0 bridgehead atoms. The fourth-order valence-electron chi connectivity index (χ4n) is 2.95. The van der Waals surface area contributed by atoms with Crippen molar-refractivity contribution in [2.75, 3.05) is 18.4 Å². The van der Waals surface area contributed by atoms with Crippen LogP contribution in [-0.2, 0) is 4.79 Å². The Balaban J connectivity index is 1.87. The number of primary amides is 1. The molecule has 1 aliphatic rings. The van der Waals surface area contributed by atoms with E-state index >= 15 is 0 Å². The number of aromatic nitrogens is 3. The van der Waals surface area contributed by atoms with Gasteiger partial charge in [-0.15, -0.1) is 0 Å². The summed E-state index contributed by atoms with van der Waals surface area (Å²) in [4.78, 5) is 26.7. The maximum absolute atomic E-state index is 11.3. The van der Waals surface area contributed by atoms with Crippen LogP contribution in [0.5, 0.6) is 0 Å². The molecule has 3 N–H and O–H groups in total. The molecule has 7 heteroatoms. The third-order valence-corrected chi connectivity index (χ3v) is 3.90. The first-order valence-corrected chi connectivity index (χ1v) is 7.67. The van der Waals surface area contributed by atoms with Crippen molar-refractivity contribution in [1.82, 2.24) is 19.9 Å². The molecule has 23 heavy (non-hydrogen) atoms. The van der Waals surface area contributed by atoms with Crippen LogP contribution >= 0.6 is 0 Å². The number of hydrogen-bond donors (Lipinski definition) is 2. The molecule has 2 aromatic heterocycles. The highest BCUT2D eigenvalue weighted by molar-refractivity contribution is 5.76. The van der Waals surface area contributed by atoms with E-state index in [9.17, 15) is 4.79 Å². The number of likely N-dealkylation sites (tertiary alicyclic amines) is 1. The third-order valence-electron chi connectivity index (χ3n) is 3.90. The second-order valence-electron chi connectivity index (χ2n) is 5.67. The minimum Gasteiger partial charge on any atom is -0.369 e. The van der Waals surface area contributed by atoms with Gasteiger partial charge in [-0.3, -0.25) is 14.7 Å². The van der Waals surface area contributed by atoms with Crippen molar-refractivity contribution in [2.24, 2.45) is 5.73 Å². The van der Waals surface area contributed by atoms with Crippen LogP contribution in [0.3, 0.4) is 0 Å². The van der Waals surface area contributed by atoms with E-state index in [0.29, 0.717) is 5.82 Å². The minimum absolute atomic E-state index is 0.0449. The van der Waals surface area contributed by atoms with Crippen LogP contribution in [0.4, 0.5) is 11.6 Å². The number of pyridine rings is 1. The molecule has 0 saturated carbocycles. The number of hydrogen-bond acceptors (Lipinski definition) is 6. The van der Waals surface area contributed by atoms with Crippen LogP contribution < -0.4 is 11.1 Å². The fraction of sp³-hybridized carbons (Fsp3) is 0.375. The molecule has 0 aromatic carbocycles. The van der Waals surface area contributed by atoms with Gasteiger partial charge in [-0.05, 0) is 38.4 Å². The molecule has 2 aromatic rings. The van der Waals surface area contributed by atoms with Crippen molar-refractivity contribution in [3.8, 4) is 0 Å². The van der Waals surface area contributed by atoms with Gasteiger partial charge in [-0.25, -0.2) is 9.97 Å². The van der Waals surface area contributed by atoms with Gasteiger partial charge in [0.15, 0.2) is 5.82 Å². The van der Waals surface area contributed by atoms with Gasteiger partial charge < -0.3 is 11.1 Å². The molecular formula is C16H20N6O. The molecule has 3 rings (SSSR count). The Morgan fingerprint density at radius 1 is 1.39 bits per heavy atom. The predicted octanol–water partition coefficient (Wildman–Crippen LogP) is 1.55. The first-order valence-electron chi connectivity index (χ1n) is 7.67. The lowest BCUT2D eigenvalue weighted by Gasteiger charge is -2.23. The number of nitrogens with one attached hydrogen (secondary N) is 1. The zero-order valence-electron chi connectivity index (χ0n) is 13.1. The summed E-state index contributed by atoms with van der Waals surface area (Å²) < 4.78 is 0. The topological polar surface area (TPSA) is 97.0 Å². The second kappa shape index (κ2) is 6.70. The zero-order valence-corrected chi connectivity index (χ0v) is 13.1. The van der Waals surface area contributed by atoms with Crippen molar-refractivity contribution in [3.63, 3.8) is 0 Å². The molecule has 0 radical (unpaired) electrons. The molecule has 0 unspecified atom stereocenters. The first-order chi connectivity index (χ1) is 11.1. The van der Waals surface area contributed by atoms with E-state index in [1.54, 1.807) is 12.4 Å². The highest BCUT2D eigenvalue weighted by Crippen LogP contribution is 2.34. The van der Waals surface area contributed by atoms with Crippen LogP contribution in [0.15, 0.2) is 30.6 Å². The lowest BCUT2D eigenvalue weighted by Crippen LogP contribution is -2.34. The molecule has 120 valence electrons. The average molecular weight is 312 g/mol. The van der Waals surface area contributed by atoms with E-state index in [2.05, 4.69) is 25.2 Å². The normalized spacial score (nSPS) is 18.0. The quantitative estimate of drug-likeness (QED) is 0.869. The first kappa shape index (κ1) is 15.4. The molecule has 1 atom stereocenters. The van der Waals surface area contributed by atoms with Crippen LogP contribution in [0.2, 0.25) is 0 Å². The van der Waals surface area contributed by atoms with Gasteiger partial charge in [0.1, 0.15) is 11.5 Å². The van der Waals surface area contributed by atoms with Gasteiger partial charge in [0, 0.05) is 18.1 Å². The van der Waals surface area contributed by atoms with E-state index in [-0.39, 0.29) is 18.5 Å². The summed E-state index contributed by atoms with van der Waals surface area (Å²) in [6, 6.07) is 5.81. The Bertz CT molecular complexity index is 704. The number of rotatable bonds is 5. The monoisotopic (exact) mass is 312 g/mol. The fourth-order valence-corrected chi connectivity index (χ4v) is 2.95. The zero-order chi connectivity index (χ0) is 16.2. The molecule has 1 aliphatic heterocycles. The molecule has 1 saturated heterocycles. The van der Waals surface area contributed by atoms with Gasteiger partial charge in [0.05, 0.1) is 12.6 Å². The molecule has 3 heterocycles. The van der Waals surface area contributed by atoms with Crippen LogP contribution in [0, 0.1) is 6.92 Å². The standard InChI is InChI=1S/C16H20N6O/c1-11-4-2-6-14(20-11)21-16-15(18-7-8-19-16)12-5-3-9-22(12)10-13(17)23/h2,4,6-8,12H,3,5,9-10H2,1H3,(H2,17,23)(H,19,20,21)/t12-/m0/s1. The van der Waals surface area contributed by atoms with Crippen molar-refractivity contribution >= 4 is 17.5 Å². The second-order valence-corrected chi connectivity index (χ2v) is 5.67. The summed E-state index contributed by atoms with van der Waals surface area (Å²) in [5.74, 6) is 1.08. The Morgan fingerprint density at radius 3 is 3.00 bits per heavy atom. The minimum atomic E-state index is -0.323. The largest absolute Gasteiger partial charge is 0.369 e. The summed E-state index contributed by atoms with van der Waals surface area (Å²) >= 11 is 0. The number of amides is 1. The number of anilines is 2. The highest BCUT2D eigenvalue weighted by atomic mass is 16.1. The van der Waals surface area contributed by atoms with Crippen LogP contribution in [-0.4, -0.2) is 38.8 Å². The number of nitrogens with zero attached hydrogens (tertiary/aromatic N) is 4. The lowest BCUT2D eigenvalue weighted by molar-refractivity contribution is -0.119. The average Bonchev–Trinajstić information content (AvgIpc) is 2.95. The van der Waals surface area contributed by atoms with Crippen LogP contribution in [0.1, 0.15) is 30.3 Å². The molecular weight excluding hydrogens is 292 g/mol. The maximum atomic E-state index is 11.3. The SMILES string of the molecule is Cc1cccc(Nc2nccnc2[C@@H]2CCCN2CC(N)=O)n1. The maximum Gasteiger partial charge on any atom is 0.231 e. The summed E-state index contributed by atoms with van der Waals surface area (Å²) in [5.41, 5.74) is 7.10. The van der Waals surface area contributed by atoms with E-state index < -0.39 is 0 Å². The molecule has 0 spiro atoms. The van der Waals surface area contributed by atoms with Gasteiger partial charge in [-0.1, -0.05) is 6.07 Å². The highest BCUT2D eigenvalue weighted by Gasteiger charge is 2.30.